The molecule has 2 atom stereocenters. The van der Waals surface area contributed by atoms with Crippen molar-refractivity contribution < 1.29 is 14.3 Å². The lowest BCUT2D eigenvalue weighted by Crippen LogP contribution is -2.34. The summed E-state index contributed by atoms with van der Waals surface area (Å²) in [6.45, 7) is 3.94. The quantitative estimate of drug-likeness (QED) is 0.633. The highest BCUT2D eigenvalue weighted by molar-refractivity contribution is 8.00. The zero-order chi connectivity index (χ0) is 19.1. The molecule has 0 aromatic heterocycles. The molecule has 0 aliphatic rings. The molecule has 0 heterocycles. The lowest BCUT2D eigenvalue weighted by molar-refractivity contribution is -0.121. The second-order valence-electron chi connectivity index (χ2n) is 5.80. The number of halogens is 1. The minimum atomic E-state index is -0.217. The zero-order valence-corrected chi connectivity index (χ0v) is 17.0. The normalized spacial score (nSPS) is 13.0. The van der Waals surface area contributed by atoms with Gasteiger partial charge < -0.3 is 14.8 Å². The zero-order valence-electron chi connectivity index (χ0n) is 15.4. The lowest BCUT2D eigenvalue weighted by Gasteiger charge is -2.21. The third-order valence-corrected chi connectivity index (χ3v) is 5.39. The van der Waals surface area contributed by atoms with E-state index >= 15 is 0 Å². The van der Waals surface area contributed by atoms with E-state index in [4.69, 9.17) is 21.1 Å². The maximum Gasteiger partial charge on any atom is 0.233 e. The van der Waals surface area contributed by atoms with Gasteiger partial charge in [-0.2, -0.15) is 0 Å². The van der Waals surface area contributed by atoms with Crippen LogP contribution in [0.4, 0.5) is 0 Å². The molecule has 0 spiro atoms. The first kappa shape index (κ1) is 20.5. The molecule has 2 rings (SSSR count). The van der Waals surface area contributed by atoms with Gasteiger partial charge in [-0.1, -0.05) is 24.6 Å². The molecule has 0 saturated carbocycles. The van der Waals surface area contributed by atoms with E-state index in [0.717, 1.165) is 16.9 Å². The summed E-state index contributed by atoms with van der Waals surface area (Å²) in [5.41, 5.74) is 0.988. The Morgan fingerprint density at radius 3 is 2.35 bits per heavy atom. The Bertz CT molecular complexity index is 736. The number of ether oxygens (including phenoxy) is 2. The summed E-state index contributed by atoms with van der Waals surface area (Å²) in [4.78, 5) is 13.6. The number of thioether (sulfide) groups is 1. The first-order valence-electron chi connectivity index (χ1n) is 8.43. The first-order valence-corrected chi connectivity index (χ1v) is 9.68. The molecule has 2 aromatic rings. The van der Waals surface area contributed by atoms with Gasteiger partial charge in [0, 0.05) is 9.92 Å². The van der Waals surface area contributed by atoms with Gasteiger partial charge in [0.05, 0.1) is 25.5 Å². The van der Waals surface area contributed by atoms with Crippen molar-refractivity contribution in [2.75, 3.05) is 14.2 Å². The molecule has 0 aliphatic carbocycles. The van der Waals surface area contributed by atoms with Gasteiger partial charge in [0.15, 0.2) is 11.5 Å². The number of hydrogen-bond acceptors (Lipinski definition) is 4. The van der Waals surface area contributed by atoms with E-state index in [0.29, 0.717) is 16.5 Å². The minimum absolute atomic E-state index is 0.00779. The highest BCUT2D eigenvalue weighted by Gasteiger charge is 2.20. The fourth-order valence-corrected chi connectivity index (χ4v) is 3.55. The van der Waals surface area contributed by atoms with Crippen LogP contribution in [0.5, 0.6) is 11.5 Å². The Hall–Kier alpha value is -1.85. The van der Waals surface area contributed by atoms with Crippen LogP contribution in [0.15, 0.2) is 47.4 Å². The van der Waals surface area contributed by atoms with Crippen LogP contribution >= 0.6 is 23.4 Å². The van der Waals surface area contributed by atoms with E-state index in [9.17, 15) is 4.79 Å². The number of hydrogen-bond donors (Lipinski definition) is 1. The minimum Gasteiger partial charge on any atom is -0.493 e. The summed E-state index contributed by atoms with van der Waals surface area (Å²) >= 11 is 7.41. The number of amides is 1. The van der Waals surface area contributed by atoms with Crippen LogP contribution in [0.1, 0.15) is 31.9 Å². The number of carbonyl (C=O) groups is 1. The van der Waals surface area contributed by atoms with Crippen molar-refractivity contribution in [3.8, 4) is 11.5 Å². The third kappa shape index (κ3) is 5.32. The summed E-state index contributed by atoms with van der Waals surface area (Å²) in [6, 6.07) is 13.1. The van der Waals surface area contributed by atoms with Gasteiger partial charge in [-0.25, -0.2) is 0 Å². The molecule has 0 bridgehead atoms. The van der Waals surface area contributed by atoms with Crippen LogP contribution in [0.2, 0.25) is 5.02 Å². The molecule has 4 nitrogen and oxygen atoms in total. The molecule has 0 saturated heterocycles. The standard InChI is InChI=1S/C20H24ClNO3S/c1-5-17(14-6-11-18(24-3)19(12-14)25-4)22-20(23)13(2)26-16-9-7-15(21)8-10-16/h6-13,17H,5H2,1-4H3,(H,22,23). The molecule has 0 fully saturated rings. The SMILES string of the molecule is CCC(NC(=O)C(C)Sc1ccc(Cl)cc1)c1ccc(OC)c(OC)c1. The lowest BCUT2D eigenvalue weighted by atomic mass is 10.0. The Morgan fingerprint density at radius 2 is 1.77 bits per heavy atom. The van der Waals surface area contributed by atoms with Crippen LogP contribution in [-0.2, 0) is 4.79 Å². The molecule has 6 heteroatoms. The molecule has 2 aromatic carbocycles. The molecule has 0 aliphatic heterocycles. The van der Waals surface area contributed by atoms with Gasteiger partial charge in [0.1, 0.15) is 0 Å². The maximum absolute atomic E-state index is 12.6. The molecule has 1 N–H and O–H groups in total. The number of benzene rings is 2. The summed E-state index contributed by atoms with van der Waals surface area (Å²) < 4.78 is 10.6. The van der Waals surface area contributed by atoms with E-state index in [-0.39, 0.29) is 17.2 Å². The molecule has 2 unspecified atom stereocenters. The van der Waals surface area contributed by atoms with Crippen LogP contribution < -0.4 is 14.8 Å². The highest BCUT2D eigenvalue weighted by Crippen LogP contribution is 2.31. The van der Waals surface area contributed by atoms with E-state index in [2.05, 4.69) is 5.32 Å². The van der Waals surface area contributed by atoms with Crippen LogP contribution in [0.3, 0.4) is 0 Å². The first-order chi connectivity index (χ1) is 12.5. The van der Waals surface area contributed by atoms with E-state index in [1.807, 2.05) is 56.3 Å². The number of methoxy groups -OCH3 is 2. The molecule has 0 radical (unpaired) electrons. The van der Waals surface area contributed by atoms with Crippen molar-refractivity contribution in [2.45, 2.75) is 36.5 Å². The highest BCUT2D eigenvalue weighted by atomic mass is 35.5. The summed E-state index contributed by atoms with van der Waals surface area (Å²) in [7, 11) is 3.21. The topological polar surface area (TPSA) is 47.6 Å². The second kappa shape index (κ2) is 9.74. The van der Waals surface area contributed by atoms with Crippen molar-refractivity contribution in [1.29, 1.82) is 0 Å². The monoisotopic (exact) mass is 393 g/mol. The Morgan fingerprint density at radius 1 is 1.12 bits per heavy atom. The fourth-order valence-electron chi connectivity index (χ4n) is 2.55. The van der Waals surface area contributed by atoms with E-state index in [1.165, 1.54) is 11.8 Å². The van der Waals surface area contributed by atoms with Crippen molar-refractivity contribution >= 4 is 29.3 Å². The molecular formula is C20H24ClNO3S. The average Bonchev–Trinajstić information content (AvgIpc) is 2.67. The molecular weight excluding hydrogens is 370 g/mol. The number of nitrogens with one attached hydrogen (secondary N) is 1. The van der Waals surface area contributed by atoms with Crippen molar-refractivity contribution in [1.82, 2.24) is 5.32 Å². The van der Waals surface area contributed by atoms with Gasteiger partial charge in [-0.05, 0) is 55.3 Å². The average molecular weight is 394 g/mol. The summed E-state index contributed by atoms with van der Waals surface area (Å²) in [5, 5.41) is 3.59. The third-order valence-electron chi connectivity index (χ3n) is 4.03. The van der Waals surface area contributed by atoms with Crippen molar-refractivity contribution in [3.05, 3.63) is 53.1 Å². The van der Waals surface area contributed by atoms with Crippen molar-refractivity contribution in [3.63, 3.8) is 0 Å². The van der Waals surface area contributed by atoms with Gasteiger partial charge in [-0.15, -0.1) is 11.8 Å². The smallest absolute Gasteiger partial charge is 0.233 e. The number of carbonyl (C=O) groups excluding carboxylic acids is 1. The maximum atomic E-state index is 12.6. The van der Waals surface area contributed by atoms with E-state index in [1.54, 1.807) is 14.2 Å². The Labute approximate surface area is 164 Å². The predicted molar refractivity (Wildman–Crippen MR) is 107 cm³/mol. The van der Waals surface area contributed by atoms with Crippen molar-refractivity contribution in [2.24, 2.45) is 0 Å². The predicted octanol–water partition coefficient (Wildman–Crippen LogP) is 5.11. The molecule has 1 amide bonds. The van der Waals surface area contributed by atoms with Gasteiger partial charge in [0.25, 0.3) is 0 Å². The van der Waals surface area contributed by atoms with Crippen LogP contribution in [0, 0.1) is 0 Å². The second-order valence-corrected chi connectivity index (χ2v) is 7.65. The Kier molecular flexibility index (Phi) is 7.66. The van der Waals surface area contributed by atoms with Gasteiger partial charge in [-0.3, -0.25) is 4.79 Å². The molecule has 26 heavy (non-hydrogen) atoms. The molecule has 140 valence electrons. The largest absolute Gasteiger partial charge is 0.493 e. The summed E-state index contributed by atoms with van der Waals surface area (Å²) in [6.07, 6.45) is 0.777. The van der Waals surface area contributed by atoms with Crippen LogP contribution in [0.25, 0.3) is 0 Å². The number of rotatable bonds is 8. The van der Waals surface area contributed by atoms with E-state index < -0.39 is 0 Å². The summed E-state index contributed by atoms with van der Waals surface area (Å²) in [5.74, 6) is 1.32. The van der Waals surface area contributed by atoms with Gasteiger partial charge >= 0.3 is 0 Å². The fraction of sp³-hybridized carbons (Fsp3) is 0.350. The van der Waals surface area contributed by atoms with Gasteiger partial charge in [0.2, 0.25) is 5.91 Å². The van der Waals surface area contributed by atoms with Crippen LogP contribution in [-0.4, -0.2) is 25.4 Å². The Balaban J connectivity index is 2.06.